The fraction of sp³-hybridized carbons (Fsp3) is 0.438. The lowest BCUT2D eigenvalue weighted by molar-refractivity contribution is -0.152. The third kappa shape index (κ3) is 5.63. The van der Waals surface area contributed by atoms with Crippen molar-refractivity contribution >= 4 is 35.0 Å². The normalized spacial score (nSPS) is 25.6. The molecular weight excluding hydrogens is 564 g/mol. The maximum absolute atomic E-state index is 13.6. The third-order valence-corrected chi connectivity index (χ3v) is 9.21. The van der Waals surface area contributed by atoms with Crippen LogP contribution in [-0.4, -0.2) is 57.0 Å². The van der Waals surface area contributed by atoms with Crippen molar-refractivity contribution < 1.29 is 28.7 Å². The molecule has 1 aliphatic heterocycles. The Balaban J connectivity index is 1.13. The summed E-state index contributed by atoms with van der Waals surface area (Å²) in [6, 6.07) is 8.35. The Labute approximate surface area is 254 Å². The zero-order valence-electron chi connectivity index (χ0n) is 24.7. The molecule has 3 aromatic rings. The number of anilines is 1. The molecule has 1 aromatic carbocycles. The number of carbonyl (C=O) groups excluding carboxylic acids is 4. The molecule has 12 nitrogen and oxygen atoms in total. The predicted molar refractivity (Wildman–Crippen MR) is 160 cm³/mol. The first-order chi connectivity index (χ1) is 21.2. The summed E-state index contributed by atoms with van der Waals surface area (Å²) in [5, 5.41) is 13.1. The van der Waals surface area contributed by atoms with Crippen molar-refractivity contribution in [2.75, 3.05) is 11.9 Å². The molecule has 0 spiro atoms. The fourth-order valence-corrected chi connectivity index (χ4v) is 6.93. The van der Waals surface area contributed by atoms with Crippen molar-refractivity contribution in [2.45, 2.75) is 58.2 Å². The van der Waals surface area contributed by atoms with Crippen LogP contribution in [0.5, 0.6) is 5.75 Å². The third-order valence-electron chi connectivity index (χ3n) is 9.21. The fourth-order valence-electron chi connectivity index (χ4n) is 6.93. The first-order valence-electron chi connectivity index (χ1n) is 15.0. The summed E-state index contributed by atoms with van der Waals surface area (Å²) in [6.07, 6.45) is 5.81. The number of aromatic nitrogens is 3. The van der Waals surface area contributed by atoms with Gasteiger partial charge in [-0.3, -0.25) is 19.2 Å². The highest BCUT2D eigenvalue weighted by Gasteiger charge is 2.47. The summed E-state index contributed by atoms with van der Waals surface area (Å²) in [4.78, 5) is 55.8. The maximum Gasteiger partial charge on any atom is 0.309 e. The van der Waals surface area contributed by atoms with Gasteiger partial charge in [-0.2, -0.15) is 5.10 Å². The number of rotatable bonds is 8. The second-order valence-corrected chi connectivity index (χ2v) is 11.8. The zero-order valence-corrected chi connectivity index (χ0v) is 24.7. The minimum Gasteiger partial charge on any atom is -0.479 e. The number of fused-ring (bicyclic) bond motifs is 3. The average molecular weight is 601 g/mol. The van der Waals surface area contributed by atoms with E-state index in [2.05, 4.69) is 39.5 Å². The summed E-state index contributed by atoms with van der Waals surface area (Å²) in [7, 11) is 0. The molecule has 6 rings (SSSR count). The van der Waals surface area contributed by atoms with E-state index >= 15 is 0 Å². The number of ether oxygens (including phenoxy) is 2. The van der Waals surface area contributed by atoms with Gasteiger partial charge in [-0.15, -0.1) is 0 Å². The molecular formula is C32H36N6O6. The molecule has 3 amide bonds. The van der Waals surface area contributed by atoms with Crippen LogP contribution in [0.1, 0.15) is 66.1 Å². The highest BCUT2D eigenvalue weighted by Crippen LogP contribution is 2.48. The van der Waals surface area contributed by atoms with Gasteiger partial charge in [0.05, 0.1) is 17.8 Å². The van der Waals surface area contributed by atoms with Crippen LogP contribution in [0.25, 0.3) is 5.65 Å². The first-order valence-corrected chi connectivity index (χ1v) is 15.0. The molecule has 3 aliphatic rings. The van der Waals surface area contributed by atoms with Crippen molar-refractivity contribution in [1.82, 2.24) is 25.2 Å². The highest BCUT2D eigenvalue weighted by molar-refractivity contribution is 5.99. The smallest absolute Gasteiger partial charge is 0.309 e. The van der Waals surface area contributed by atoms with Gasteiger partial charge in [-0.1, -0.05) is 25.6 Å². The number of hydrogen-bond acceptors (Lipinski definition) is 8. The Bertz CT molecular complexity index is 1630. The lowest BCUT2D eigenvalue weighted by Crippen LogP contribution is -2.44. The number of amides is 3. The Morgan fingerprint density at radius 1 is 1.11 bits per heavy atom. The van der Waals surface area contributed by atoms with E-state index in [0.29, 0.717) is 23.0 Å². The topological polar surface area (TPSA) is 153 Å². The molecule has 44 heavy (non-hydrogen) atoms. The van der Waals surface area contributed by atoms with Gasteiger partial charge in [0.15, 0.2) is 11.8 Å². The van der Waals surface area contributed by atoms with Gasteiger partial charge in [-0.05, 0) is 68.1 Å². The monoisotopic (exact) mass is 600 g/mol. The quantitative estimate of drug-likeness (QED) is 0.263. The van der Waals surface area contributed by atoms with Crippen molar-refractivity contribution in [1.29, 1.82) is 0 Å². The molecule has 0 bridgehead atoms. The Kier molecular flexibility index (Phi) is 8.07. The second kappa shape index (κ2) is 12.1. The minimum atomic E-state index is -0.573. The molecule has 2 fully saturated rings. The van der Waals surface area contributed by atoms with Gasteiger partial charge in [0, 0.05) is 24.7 Å². The SMILES string of the molecule is C=CCOC(=O)C1CCC2[C@@H](CC[C@@H]2NC(=O)c2cc(C(=O)NCc3ccc4c(c3)NC(=O)C(C)O4)nc3ccnn23)C1C. The van der Waals surface area contributed by atoms with Crippen molar-refractivity contribution in [2.24, 2.45) is 23.7 Å². The number of hydrogen-bond donors (Lipinski definition) is 3. The zero-order chi connectivity index (χ0) is 31.0. The van der Waals surface area contributed by atoms with E-state index in [1.807, 2.05) is 6.07 Å². The number of benzene rings is 1. The van der Waals surface area contributed by atoms with Crippen LogP contribution in [0.15, 0.2) is 49.2 Å². The molecule has 0 saturated heterocycles. The van der Waals surface area contributed by atoms with Gasteiger partial charge in [0.2, 0.25) is 0 Å². The average Bonchev–Trinajstić information content (AvgIpc) is 3.66. The standard InChI is InChI=1S/C32H36N6O6/c1-4-13-43-32(42)21-6-7-22-20(17(21)2)8-9-23(22)36-31(41)26-15-25(35-28-11-12-34-38(26)28)30(40)33-16-19-5-10-27-24(14-19)37-29(39)18(3)44-27/h4-5,10-12,14-15,17-18,20-23H,1,6-9,13,16H2,2-3H3,(H,33,40)(H,36,41)(H,37,39)/t17?,18?,20-,21?,22?,23-/m0/s1. The van der Waals surface area contributed by atoms with E-state index in [1.165, 1.54) is 16.8 Å². The van der Waals surface area contributed by atoms with Crippen LogP contribution in [0.2, 0.25) is 0 Å². The van der Waals surface area contributed by atoms with Gasteiger partial charge in [0.1, 0.15) is 23.7 Å². The molecule has 0 radical (unpaired) electrons. The van der Waals surface area contributed by atoms with Crippen molar-refractivity contribution in [3.8, 4) is 5.75 Å². The van der Waals surface area contributed by atoms with Gasteiger partial charge in [0.25, 0.3) is 17.7 Å². The summed E-state index contributed by atoms with van der Waals surface area (Å²) >= 11 is 0. The summed E-state index contributed by atoms with van der Waals surface area (Å²) < 4.78 is 12.4. The summed E-state index contributed by atoms with van der Waals surface area (Å²) in [5.74, 6) is -0.0478. The highest BCUT2D eigenvalue weighted by atomic mass is 16.5. The maximum atomic E-state index is 13.6. The molecule has 12 heteroatoms. The van der Waals surface area contributed by atoms with E-state index in [4.69, 9.17) is 9.47 Å². The van der Waals surface area contributed by atoms with E-state index in [1.54, 1.807) is 31.2 Å². The van der Waals surface area contributed by atoms with E-state index in [-0.39, 0.29) is 66.1 Å². The van der Waals surface area contributed by atoms with E-state index < -0.39 is 12.0 Å². The van der Waals surface area contributed by atoms with Crippen LogP contribution >= 0.6 is 0 Å². The predicted octanol–water partition coefficient (Wildman–Crippen LogP) is 3.28. The lowest BCUT2D eigenvalue weighted by Gasteiger charge is -2.38. The summed E-state index contributed by atoms with van der Waals surface area (Å²) in [5.41, 5.74) is 1.98. The largest absolute Gasteiger partial charge is 0.479 e. The number of carbonyl (C=O) groups is 4. The summed E-state index contributed by atoms with van der Waals surface area (Å²) in [6.45, 7) is 7.79. The number of nitrogens with one attached hydrogen (secondary N) is 3. The van der Waals surface area contributed by atoms with Crippen LogP contribution in [0.4, 0.5) is 5.69 Å². The molecule has 6 atom stereocenters. The number of esters is 1. The molecule has 4 unspecified atom stereocenters. The molecule has 230 valence electrons. The van der Waals surface area contributed by atoms with E-state index in [9.17, 15) is 19.2 Å². The minimum absolute atomic E-state index is 0.0485. The van der Waals surface area contributed by atoms with Crippen LogP contribution in [0.3, 0.4) is 0 Å². The number of nitrogens with zero attached hydrogens (tertiary/aromatic N) is 3. The molecule has 3 heterocycles. The van der Waals surface area contributed by atoms with E-state index in [0.717, 1.165) is 31.2 Å². The molecule has 3 N–H and O–H groups in total. The lowest BCUT2D eigenvalue weighted by atomic mass is 9.68. The molecule has 2 aliphatic carbocycles. The second-order valence-electron chi connectivity index (χ2n) is 11.8. The Morgan fingerprint density at radius 3 is 2.75 bits per heavy atom. The Hall–Kier alpha value is -4.74. The van der Waals surface area contributed by atoms with Crippen LogP contribution < -0.4 is 20.7 Å². The van der Waals surface area contributed by atoms with Crippen LogP contribution in [0, 0.1) is 23.7 Å². The first kappa shape index (κ1) is 29.3. The van der Waals surface area contributed by atoms with Crippen LogP contribution in [-0.2, 0) is 20.9 Å². The van der Waals surface area contributed by atoms with Crippen molar-refractivity contribution in [3.63, 3.8) is 0 Å². The van der Waals surface area contributed by atoms with Gasteiger partial charge >= 0.3 is 5.97 Å². The molecule has 2 aromatic heterocycles. The van der Waals surface area contributed by atoms with Crippen molar-refractivity contribution in [3.05, 3.63) is 66.1 Å². The Morgan fingerprint density at radius 2 is 1.93 bits per heavy atom. The van der Waals surface area contributed by atoms with Gasteiger partial charge in [-0.25, -0.2) is 9.50 Å². The van der Waals surface area contributed by atoms with Gasteiger partial charge < -0.3 is 25.4 Å². The molecule has 2 saturated carbocycles.